The molecule has 1 amide bonds. The van der Waals surface area contributed by atoms with E-state index in [9.17, 15) is 4.79 Å². The number of hydrogen-bond acceptors (Lipinski definition) is 3. The van der Waals surface area contributed by atoms with Crippen molar-refractivity contribution in [3.63, 3.8) is 0 Å². The number of nitrogens with one attached hydrogen (secondary N) is 1. The highest BCUT2D eigenvalue weighted by Gasteiger charge is 2.19. The number of anilines is 1. The topological polar surface area (TPSA) is 72.9 Å². The second-order valence-corrected chi connectivity index (χ2v) is 5.30. The summed E-state index contributed by atoms with van der Waals surface area (Å²) in [6.07, 6.45) is 4.54. The minimum absolute atomic E-state index is 0.138. The molecule has 1 aromatic carbocycles. The second kappa shape index (κ2) is 7.04. The van der Waals surface area contributed by atoms with Gasteiger partial charge >= 0.3 is 0 Å². The predicted molar refractivity (Wildman–Crippen MR) is 83.8 cm³/mol. The lowest BCUT2D eigenvalue weighted by atomic mass is 9.99. The van der Waals surface area contributed by atoms with Crippen LogP contribution in [0.2, 0.25) is 0 Å². The van der Waals surface area contributed by atoms with E-state index in [0.717, 1.165) is 17.7 Å². The fraction of sp³-hybridized carbons (Fsp3) is 0.375. The van der Waals surface area contributed by atoms with Gasteiger partial charge in [0, 0.05) is 18.1 Å². The molecule has 0 saturated carbocycles. The summed E-state index contributed by atoms with van der Waals surface area (Å²) in [6.45, 7) is 4.69. The Morgan fingerprint density at radius 3 is 2.90 bits per heavy atom. The third-order valence-corrected chi connectivity index (χ3v) is 3.66. The summed E-state index contributed by atoms with van der Waals surface area (Å²) in [6, 6.07) is 9.15. The molecular formula is C16H22N4O. The average Bonchev–Trinajstić information content (AvgIpc) is 2.98. The summed E-state index contributed by atoms with van der Waals surface area (Å²) in [4.78, 5) is 12.1. The van der Waals surface area contributed by atoms with Crippen LogP contribution in [0.25, 0.3) is 0 Å². The second-order valence-electron chi connectivity index (χ2n) is 5.30. The maximum atomic E-state index is 12.1. The first kappa shape index (κ1) is 15.3. The van der Waals surface area contributed by atoms with Gasteiger partial charge in [-0.1, -0.05) is 32.4 Å². The minimum Gasteiger partial charge on any atom is -0.325 e. The Balaban J connectivity index is 2.02. The van der Waals surface area contributed by atoms with Gasteiger partial charge in [-0.2, -0.15) is 5.10 Å². The lowest BCUT2D eigenvalue weighted by Crippen LogP contribution is -2.40. The van der Waals surface area contributed by atoms with Crippen LogP contribution in [0.5, 0.6) is 0 Å². The van der Waals surface area contributed by atoms with Gasteiger partial charge in [-0.3, -0.25) is 9.48 Å². The standard InChI is InChI=1S/C16H22N4O/c1-3-12(2)15(17)16(21)19-14-7-4-6-13(10-14)11-20-9-5-8-18-20/h4-10,12,15H,3,11,17H2,1-2H3,(H,19,21)/t12-,15-/m0/s1. The van der Waals surface area contributed by atoms with Gasteiger partial charge in [0.2, 0.25) is 5.91 Å². The van der Waals surface area contributed by atoms with Gasteiger partial charge in [0.25, 0.3) is 0 Å². The fourth-order valence-electron chi connectivity index (χ4n) is 2.07. The smallest absolute Gasteiger partial charge is 0.241 e. The van der Waals surface area contributed by atoms with E-state index in [1.807, 2.05) is 55.1 Å². The van der Waals surface area contributed by atoms with Crippen LogP contribution < -0.4 is 11.1 Å². The number of carbonyl (C=O) groups is 1. The highest BCUT2D eigenvalue weighted by atomic mass is 16.2. The average molecular weight is 286 g/mol. The van der Waals surface area contributed by atoms with Gasteiger partial charge in [0.05, 0.1) is 12.6 Å². The molecule has 5 nitrogen and oxygen atoms in total. The normalized spacial score (nSPS) is 13.7. The zero-order valence-electron chi connectivity index (χ0n) is 12.5. The van der Waals surface area contributed by atoms with Crippen LogP contribution in [0.1, 0.15) is 25.8 Å². The summed E-state index contributed by atoms with van der Waals surface area (Å²) in [7, 11) is 0. The Morgan fingerprint density at radius 1 is 1.43 bits per heavy atom. The van der Waals surface area contributed by atoms with Crippen molar-refractivity contribution in [2.75, 3.05) is 5.32 Å². The van der Waals surface area contributed by atoms with Crippen LogP contribution >= 0.6 is 0 Å². The molecule has 2 aromatic rings. The molecule has 0 aliphatic heterocycles. The molecule has 0 radical (unpaired) electrons. The first-order valence-corrected chi connectivity index (χ1v) is 7.23. The van der Waals surface area contributed by atoms with Crippen molar-refractivity contribution < 1.29 is 4.79 Å². The van der Waals surface area contributed by atoms with Crippen molar-refractivity contribution in [1.29, 1.82) is 0 Å². The fourth-order valence-corrected chi connectivity index (χ4v) is 2.07. The largest absolute Gasteiger partial charge is 0.325 e. The van der Waals surface area contributed by atoms with Crippen molar-refractivity contribution in [1.82, 2.24) is 9.78 Å². The maximum Gasteiger partial charge on any atom is 0.241 e. The molecule has 3 N–H and O–H groups in total. The van der Waals surface area contributed by atoms with Crippen molar-refractivity contribution in [3.05, 3.63) is 48.3 Å². The van der Waals surface area contributed by atoms with E-state index in [0.29, 0.717) is 6.54 Å². The summed E-state index contributed by atoms with van der Waals surface area (Å²) in [5, 5.41) is 7.06. The van der Waals surface area contributed by atoms with E-state index in [1.54, 1.807) is 6.20 Å². The molecule has 0 aliphatic rings. The molecular weight excluding hydrogens is 264 g/mol. The minimum atomic E-state index is -0.482. The Bertz CT molecular complexity index is 580. The van der Waals surface area contributed by atoms with E-state index in [-0.39, 0.29) is 11.8 Å². The summed E-state index contributed by atoms with van der Waals surface area (Å²) in [5.74, 6) is 0.0258. The van der Waals surface area contributed by atoms with E-state index < -0.39 is 6.04 Å². The molecule has 0 aliphatic carbocycles. The summed E-state index contributed by atoms with van der Waals surface area (Å²) in [5.41, 5.74) is 7.79. The van der Waals surface area contributed by atoms with Crippen LogP contribution in [0.4, 0.5) is 5.69 Å². The lowest BCUT2D eigenvalue weighted by molar-refractivity contribution is -0.118. The Hall–Kier alpha value is -2.14. The van der Waals surface area contributed by atoms with E-state index in [1.165, 1.54) is 0 Å². The zero-order valence-corrected chi connectivity index (χ0v) is 12.5. The van der Waals surface area contributed by atoms with Gasteiger partial charge in [-0.25, -0.2) is 0 Å². The van der Waals surface area contributed by atoms with E-state index in [4.69, 9.17) is 5.73 Å². The Morgan fingerprint density at radius 2 is 2.24 bits per heavy atom. The van der Waals surface area contributed by atoms with Crippen molar-refractivity contribution in [3.8, 4) is 0 Å². The van der Waals surface area contributed by atoms with Crippen LogP contribution in [0.15, 0.2) is 42.7 Å². The van der Waals surface area contributed by atoms with E-state index in [2.05, 4.69) is 10.4 Å². The van der Waals surface area contributed by atoms with Crippen molar-refractivity contribution in [2.24, 2.45) is 11.7 Å². The number of rotatable bonds is 6. The molecule has 2 atom stereocenters. The van der Waals surface area contributed by atoms with Gasteiger partial charge in [0.1, 0.15) is 0 Å². The van der Waals surface area contributed by atoms with Gasteiger partial charge < -0.3 is 11.1 Å². The first-order chi connectivity index (χ1) is 10.1. The molecule has 112 valence electrons. The third-order valence-electron chi connectivity index (χ3n) is 3.66. The SMILES string of the molecule is CC[C@H](C)[C@H](N)C(=O)Nc1cccc(Cn2cccn2)c1. The van der Waals surface area contributed by atoms with Gasteiger partial charge in [-0.05, 0) is 29.7 Å². The summed E-state index contributed by atoms with van der Waals surface area (Å²) >= 11 is 0. The van der Waals surface area contributed by atoms with E-state index >= 15 is 0 Å². The van der Waals surface area contributed by atoms with Crippen molar-refractivity contribution >= 4 is 11.6 Å². The number of hydrogen-bond donors (Lipinski definition) is 2. The van der Waals surface area contributed by atoms with Crippen LogP contribution in [0, 0.1) is 5.92 Å². The number of benzene rings is 1. The molecule has 1 aromatic heterocycles. The quantitative estimate of drug-likeness (QED) is 0.855. The van der Waals surface area contributed by atoms with Crippen molar-refractivity contribution in [2.45, 2.75) is 32.9 Å². The molecule has 0 spiro atoms. The molecule has 0 fully saturated rings. The number of carbonyl (C=O) groups excluding carboxylic acids is 1. The molecule has 21 heavy (non-hydrogen) atoms. The molecule has 0 bridgehead atoms. The highest BCUT2D eigenvalue weighted by Crippen LogP contribution is 2.14. The first-order valence-electron chi connectivity index (χ1n) is 7.23. The lowest BCUT2D eigenvalue weighted by Gasteiger charge is -2.18. The highest BCUT2D eigenvalue weighted by molar-refractivity contribution is 5.94. The maximum absolute atomic E-state index is 12.1. The van der Waals surface area contributed by atoms with Gasteiger partial charge in [-0.15, -0.1) is 0 Å². The Labute approximate surface area is 125 Å². The Kier molecular flexibility index (Phi) is 5.11. The van der Waals surface area contributed by atoms with Crippen LogP contribution in [0.3, 0.4) is 0 Å². The third kappa shape index (κ3) is 4.16. The number of aromatic nitrogens is 2. The molecule has 0 unspecified atom stereocenters. The molecule has 5 heteroatoms. The monoisotopic (exact) mass is 286 g/mol. The summed E-state index contributed by atoms with van der Waals surface area (Å²) < 4.78 is 1.84. The predicted octanol–water partition coefficient (Wildman–Crippen LogP) is 2.24. The molecule has 1 heterocycles. The number of amides is 1. The van der Waals surface area contributed by atoms with Crippen LogP contribution in [-0.4, -0.2) is 21.7 Å². The zero-order chi connectivity index (χ0) is 15.2. The molecule has 0 saturated heterocycles. The van der Waals surface area contributed by atoms with Gasteiger partial charge in [0.15, 0.2) is 0 Å². The number of nitrogens with zero attached hydrogens (tertiary/aromatic N) is 2. The number of nitrogens with two attached hydrogens (primary N) is 1. The van der Waals surface area contributed by atoms with Crippen LogP contribution in [-0.2, 0) is 11.3 Å². The molecule has 2 rings (SSSR count).